The molecule has 0 spiro atoms. The maximum absolute atomic E-state index is 11.8. The van der Waals surface area contributed by atoms with Crippen LogP contribution in [0.3, 0.4) is 0 Å². The third-order valence-electron chi connectivity index (χ3n) is 3.94. The molecule has 0 aromatic carbocycles. The first-order valence-corrected chi connectivity index (χ1v) is 8.52. The number of aromatic amines is 1. The molecular formula is C18H18N8O. The highest BCUT2D eigenvalue weighted by atomic mass is 16.2. The number of hydrogen-bond acceptors (Lipinski definition) is 5. The molecule has 4 aromatic rings. The normalized spacial score (nSPS) is 10.9. The minimum Gasteiger partial charge on any atom is -0.341 e. The van der Waals surface area contributed by atoms with E-state index in [-0.39, 0.29) is 12.0 Å². The Balaban J connectivity index is 1.86. The molecule has 0 radical (unpaired) electrons. The number of rotatable bonds is 4. The highest BCUT2D eigenvalue weighted by molar-refractivity contribution is 5.87. The molecule has 4 heterocycles. The van der Waals surface area contributed by atoms with Crippen LogP contribution in [0.5, 0.6) is 0 Å². The Kier molecular flexibility index (Phi) is 4.25. The van der Waals surface area contributed by atoms with Crippen LogP contribution in [0.1, 0.15) is 12.6 Å². The third kappa shape index (κ3) is 3.34. The van der Waals surface area contributed by atoms with Crippen LogP contribution < -0.4 is 10.6 Å². The predicted octanol–water partition coefficient (Wildman–Crippen LogP) is 2.63. The number of aryl methyl sites for hydroxylation is 1. The fraction of sp³-hybridized carbons (Fsp3) is 0.167. The quantitative estimate of drug-likeness (QED) is 0.516. The van der Waals surface area contributed by atoms with Crippen molar-refractivity contribution in [1.29, 1.82) is 0 Å². The number of fused-ring (bicyclic) bond motifs is 1. The van der Waals surface area contributed by atoms with Gasteiger partial charge in [-0.15, -0.1) is 5.10 Å². The summed E-state index contributed by atoms with van der Waals surface area (Å²) in [7, 11) is 0. The molecule has 4 aromatic heterocycles. The lowest BCUT2D eigenvalue weighted by atomic mass is 10.1. The molecule has 3 N–H and O–H groups in total. The van der Waals surface area contributed by atoms with E-state index in [1.165, 1.54) is 0 Å². The van der Waals surface area contributed by atoms with Crippen LogP contribution in [-0.4, -0.2) is 42.1 Å². The third-order valence-corrected chi connectivity index (χ3v) is 3.94. The van der Waals surface area contributed by atoms with E-state index >= 15 is 0 Å². The van der Waals surface area contributed by atoms with Gasteiger partial charge in [0, 0.05) is 36.4 Å². The maximum Gasteiger partial charge on any atom is 0.321 e. The van der Waals surface area contributed by atoms with Gasteiger partial charge < -0.3 is 10.3 Å². The standard InChI is InChI=1S/C18H18N8O/c1-3-20-18(27)24-17-23-15-8-13(12-5-4-6-19-10-12)7-14(26(15)25-17)16-21-9-11(2)22-16/h4-10H,3H2,1-2H3,(H,21,22)(H2,20,24,25,27). The highest BCUT2D eigenvalue weighted by Crippen LogP contribution is 2.26. The van der Waals surface area contributed by atoms with Gasteiger partial charge in [-0.05, 0) is 37.6 Å². The van der Waals surface area contributed by atoms with Gasteiger partial charge in [0.1, 0.15) is 5.69 Å². The zero-order valence-corrected chi connectivity index (χ0v) is 14.9. The number of carbonyl (C=O) groups is 1. The van der Waals surface area contributed by atoms with Crippen molar-refractivity contribution in [2.75, 3.05) is 11.9 Å². The van der Waals surface area contributed by atoms with Gasteiger partial charge in [0.25, 0.3) is 5.95 Å². The van der Waals surface area contributed by atoms with E-state index < -0.39 is 0 Å². The monoisotopic (exact) mass is 362 g/mol. The summed E-state index contributed by atoms with van der Waals surface area (Å²) >= 11 is 0. The van der Waals surface area contributed by atoms with Gasteiger partial charge in [-0.2, -0.15) is 4.98 Å². The van der Waals surface area contributed by atoms with Gasteiger partial charge in [-0.25, -0.2) is 14.3 Å². The summed E-state index contributed by atoms with van der Waals surface area (Å²) in [6.07, 6.45) is 5.26. The number of nitrogens with zero attached hydrogens (tertiary/aromatic N) is 5. The lowest BCUT2D eigenvalue weighted by Crippen LogP contribution is -2.28. The molecule has 2 amide bonds. The second kappa shape index (κ2) is 6.87. The smallest absolute Gasteiger partial charge is 0.321 e. The molecule has 0 aliphatic rings. The lowest BCUT2D eigenvalue weighted by molar-refractivity contribution is 0.252. The molecule has 0 atom stereocenters. The van der Waals surface area contributed by atoms with Crippen molar-refractivity contribution in [2.24, 2.45) is 0 Å². The van der Waals surface area contributed by atoms with Gasteiger partial charge in [-0.3, -0.25) is 10.3 Å². The maximum atomic E-state index is 11.8. The summed E-state index contributed by atoms with van der Waals surface area (Å²) in [5.74, 6) is 0.881. The Bertz CT molecular complexity index is 1100. The van der Waals surface area contributed by atoms with Crippen LogP contribution in [0, 0.1) is 6.92 Å². The fourth-order valence-corrected chi connectivity index (χ4v) is 2.76. The van der Waals surface area contributed by atoms with E-state index in [4.69, 9.17) is 0 Å². The topological polar surface area (TPSA) is 113 Å². The van der Waals surface area contributed by atoms with Gasteiger partial charge in [0.2, 0.25) is 0 Å². The first-order chi connectivity index (χ1) is 13.1. The molecular weight excluding hydrogens is 344 g/mol. The van der Waals surface area contributed by atoms with Gasteiger partial charge in [0.15, 0.2) is 11.5 Å². The molecule has 0 aliphatic carbocycles. The van der Waals surface area contributed by atoms with Crippen molar-refractivity contribution in [3.05, 3.63) is 48.5 Å². The number of imidazole rings is 1. The number of urea groups is 1. The van der Waals surface area contributed by atoms with Crippen LogP contribution >= 0.6 is 0 Å². The molecule has 9 nitrogen and oxygen atoms in total. The second-order valence-corrected chi connectivity index (χ2v) is 5.98. The summed E-state index contributed by atoms with van der Waals surface area (Å²) in [4.78, 5) is 28.0. The number of hydrogen-bond donors (Lipinski definition) is 3. The van der Waals surface area contributed by atoms with E-state index in [1.807, 2.05) is 38.1 Å². The van der Waals surface area contributed by atoms with Crippen LogP contribution in [-0.2, 0) is 0 Å². The number of nitrogens with one attached hydrogen (secondary N) is 3. The number of amides is 2. The Labute approximate surface area is 154 Å². The SMILES string of the molecule is CCNC(=O)Nc1nc2cc(-c3cccnc3)cc(-c3ncc(C)[nH]3)n2n1. The van der Waals surface area contributed by atoms with Crippen molar-refractivity contribution < 1.29 is 4.79 Å². The number of aromatic nitrogens is 6. The Morgan fingerprint density at radius 3 is 2.85 bits per heavy atom. The summed E-state index contributed by atoms with van der Waals surface area (Å²) < 4.78 is 1.65. The number of pyridine rings is 2. The summed E-state index contributed by atoms with van der Waals surface area (Å²) in [5.41, 5.74) is 4.14. The molecule has 0 saturated carbocycles. The Hall–Kier alpha value is -3.75. The van der Waals surface area contributed by atoms with E-state index in [0.29, 0.717) is 18.0 Å². The van der Waals surface area contributed by atoms with Gasteiger partial charge >= 0.3 is 6.03 Å². The van der Waals surface area contributed by atoms with Crippen LogP contribution in [0.25, 0.3) is 28.3 Å². The molecule has 136 valence electrons. The van der Waals surface area contributed by atoms with Crippen molar-refractivity contribution in [2.45, 2.75) is 13.8 Å². The fourth-order valence-electron chi connectivity index (χ4n) is 2.76. The molecule has 0 unspecified atom stereocenters. The first-order valence-electron chi connectivity index (χ1n) is 8.52. The van der Waals surface area contributed by atoms with Crippen molar-refractivity contribution >= 4 is 17.6 Å². The molecule has 9 heteroatoms. The zero-order chi connectivity index (χ0) is 18.8. The minimum absolute atomic E-state index is 0.216. The Morgan fingerprint density at radius 1 is 1.26 bits per heavy atom. The molecule has 4 rings (SSSR count). The zero-order valence-electron chi connectivity index (χ0n) is 14.9. The molecule has 0 aliphatic heterocycles. The average molecular weight is 362 g/mol. The predicted molar refractivity (Wildman–Crippen MR) is 101 cm³/mol. The van der Waals surface area contributed by atoms with Crippen molar-refractivity contribution in [1.82, 2.24) is 34.9 Å². The second-order valence-electron chi connectivity index (χ2n) is 5.98. The van der Waals surface area contributed by atoms with Crippen molar-refractivity contribution in [3.63, 3.8) is 0 Å². The molecule has 27 heavy (non-hydrogen) atoms. The van der Waals surface area contributed by atoms with Gasteiger partial charge in [0.05, 0.1) is 0 Å². The summed E-state index contributed by atoms with van der Waals surface area (Å²) in [6, 6.07) is 7.36. The summed E-state index contributed by atoms with van der Waals surface area (Å²) in [6.45, 7) is 4.29. The highest BCUT2D eigenvalue weighted by Gasteiger charge is 2.15. The van der Waals surface area contributed by atoms with Gasteiger partial charge in [-0.1, -0.05) is 6.07 Å². The van der Waals surface area contributed by atoms with E-state index in [2.05, 4.69) is 35.7 Å². The first kappa shape index (κ1) is 16.7. The minimum atomic E-state index is -0.351. The number of carbonyl (C=O) groups excluding carboxylic acids is 1. The van der Waals surface area contributed by atoms with E-state index in [0.717, 1.165) is 22.5 Å². The largest absolute Gasteiger partial charge is 0.341 e. The average Bonchev–Trinajstić information content (AvgIpc) is 3.27. The molecule has 0 bridgehead atoms. The Morgan fingerprint density at radius 2 is 2.15 bits per heavy atom. The van der Waals surface area contributed by atoms with Crippen LogP contribution in [0.4, 0.5) is 10.7 Å². The summed E-state index contributed by atoms with van der Waals surface area (Å²) in [5, 5.41) is 9.71. The van der Waals surface area contributed by atoms with E-state index in [1.54, 1.807) is 23.1 Å². The van der Waals surface area contributed by atoms with Crippen LogP contribution in [0.2, 0.25) is 0 Å². The number of H-pyrrole nitrogens is 1. The van der Waals surface area contributed by atoms with E-state index in [9.17, 15) is 4.79 Å². The molecule has 0 saturated heterocycles. The lowest BCUT2D eigenvalue weighted by Gasteiger charge is -2.06. The van der Waals surface area contributed by atoms with Crippen LogP contribution in [0.15, 0.2) is 42.9 Å². The molecule has 0 fully saturated rings. The number of anilines is 1. The van der Waals surface area contributed by atoms with Crippen molar-refractivity contribution in [3.8, 4) is 22.6 Å².